The van der Waals surface area contributed by atoms with Gasteiger partial charge in [-0.25, -0.2) is 0 Å². The van der Waals surface area contributed by atoms with E-state index in [0.29, 0.717) is 13.2 Å². The monoisotopic (exact) mass is 240 g/mol. The van der Waals surface area contributed by atoms with Gasteiger partial charge in [-0.2, -0.15) is 0 Å². The second-order valence-corrected chi connectivity index (χ2v) is 3.67. The van der Waals surface area contributed by atoms with Crippen molar-refractivity contribution in [3.63, 3.8) is 0 Å². The van der Waals surface area contributed by atoms with E-state index in [2.05, 4.69) is 23.2 Å². The Hall–Kier alpha value is -1.03. The molecule has 0 bridgehead atoms. The molecule has 0 amide bonds. The third-order valence-corrected chi connectivity index (χ3v) is 2.56. The molecule has 2 rings (SSSR count). The van der Waals surface area contributed by atoms with Crippen molar-refractivity contribution < 1.29 is 4.74 Å². The summed E-state index contributed by atoms with van der Waals surface area (Å²) >= 11 is 0. The normalized spacial score (nSPS) is 10.4. The van der Waals surface area contributed by atoms with E-state index >= 15 is 0 Å². The minimum absolute atomic E-state index is 0. The first-order valence-corrected chi connectivity index (χ1v) is 5.13. The van der Waals surface area contributed by atoms with Crippen molar-refractivity contribution in [1.29, 1.82) is 0 Å². The molecule has 0 atom stereocenters. The maximum Gasteiger partial charge on any atom is 0.0713 e. The summed E-state index contributed by atoms with van der Waals surface area (Å²) in [6.45, 7) is 1.34. The summed E-state index contributed by atoms with van der Waals surface area (Å²) in [5.74, 6) is 0. The topological polar surface area (TPSA) is 51.0 Å². The zero-order valence-electron chi connectivity index (χ0n) is 9.32. The predicted molar refractivity (Wildman–Crippen MR) is 69.0 cm³/mol. The summed E-state index contributed by atoms with van der Waals surface area (Å²) in [6, 6.07) is 6.33. The van der Waals surface area contributed by atoms with E-state index in [9.17, 15) is 0 Å². The second-order valence-electron chi connectivity index (χ2n) is 3.67. The van der Waals surface area contributed by atoms with Crippen molar-refractivity contribution >= 4 is 23.3 Å². The van der Waals surface area contributed by atoms with Gasteiger partial charge < -0.3 is 15.5 Å². The van der Waals surface area contributed by atoms with Gasteiger partial charge in [0.15, 0.2) is 0 Å². The third-order valence-electron chi connectivity index (χ3n) is 2.56. The molecule has 0 unspecified atom stereocenters. The van der Waals surface area contributed by atoms with E-state index in [1.54, 1.807) is 7.11 Å². The number of ether oxygens (including phenoxy) is 1. The molecule has 0 spiro atoms. The highest BCUT2D eigenvalue weighted by Crippen LogP contribution is 2.20. The zero-order chi connectivity index (χ0) is 10.7. The van der Waals surface area contributed by atoms with Gasteiger partial charge in [0.1, 0.15) is 0 Å². The van der Waals surface area contributed by atoms with Gasteiger partial charge in [0.25, 0.3) is 0 Å². The van der Waals surface area contributed by atoms with Crippen molar-refractivity contribution in [2.75, 3.05) is 13.7 Å². The van der Waals surface area contributed by atoms with Gasteiger partial charge in [-0.1, -0.05) is 6.07 Å². The number of halogens is 1. The predicted octanol–water partition coefficient (Wildman–Crippen LogP) is 2.24. The standard InChI is InChI=1S/C12H16N2O.ClH/c1-15-8-9-2-3-12-11(6-9)10(4-5-13)7-14-12;/h2-3,6-7,14H,4-5,8,13H2,1H3;1H. The van der Waals surface area contributed by atoms with Crippen molar-refractivity contribution in [2.24, 2.45) is 5.73 Å². The molecule has 1 heterocycles. The van der Waals surface area contributed by atoms with E-state index in [1.807, 2.05) is 6.20 Å². The molecule has 0 aliphatic rings. The molecule has 0 fully saturated rings. The largest absolute Gasteiger partial charge is 0.380 e. The summed E-state index contributed by atoms with van der Waals surface area (Å²) in [6.07, 6.45) is 2.95. The van der Waals surface area contributed by atoms with E-state index < -0.39 is 0 Å². The first kappa shape index (κ1) is 13.0. The minimum Gasteiger partial charge on any atom is -0.380 e. The summed E-state index contributed by atoms with van der Waals surface area (Å²) < 4.78 is 5.12. The van der Waals surface area contributed by atoms with Crippen molar-refractivity contribution in [2.45, 2.75) is 13.0 Å². The molecule has 1 aromatic heterocycles. The van der Waals surface area contributed by atoms with E-state index in [0.717, 1.165) is 6.42 Å². The number of methoxy groups -OCH3 is 1. The number of benzene rings is 1. The van der Waals surface area contributed by atoms with E-state index in [-0.39, 0.29) is 12.4 Å². The molecule has 0 saturated heterocycles. The number of hydrogen-bond acceptors (Lipinski definition) is 2. The fourth-order valence-electron chi connectivity index (χ4n) is 1.84. The molecule has 4 heteroatoms. The van der Waals surface area contributed by atoms with Crippen LogP contribution in [0.15, 0.2) is 24.4 Å². The van der Waals surface area contributed by atoms with E-state index in [4.69, 9.17) is 10.5 Å². The lowest BCUT2D eigenvalue weighted by atomic mass is 10.1. The lowest BCUT2D eigenvalue weighted by Crippen LogP contribution is -2.01. The van der Waals surface area contributed by atoms with Gasteiger partial charge in [0.2, 0.25) is 0 Å². The van der Waals surface area contributed by atoms with Crippen LogP contribution in [0, 0.1) is 0 Å². The first-order valence-electron chi connectivity index (χ1n) is 5.13. The van der Waals surface area contributed by atoms with Crippen LogP contribution in [0.1, 0.15) is 11.1 Å². The van der Waals surface area contributed by atoms with Gasteiger partial charge in [0, 0.05) is 24.2 Å². The number of nitrogens with one attached hydrogen (secondary N) is 1. The molecule has 3 nitrogen and oxygen atoms in total. The van der Waals surface area contributed by atoms with Gasteiger partial charge in [-0.3, -0.25) is 0 Å². The van der Waals surface area contributed by atoms with Crippen molar-refractivity contribution in [3.8, 4) is 0 Å². The van der Waals surface area contributed by atoms with Gasteiger partial charge in [0.05, 0.1) is 6.61 Å². The number of fused-ring (bicyclic) bond motifs is 1. The smallest absolute Gasteiger partial charge is 0.0713 e. The van der Waals surface area contributed by atoms with Crippen LogP contribution in [0.5, 0.6) is 0 Å². The Bertz CT molecular complexity index is 453. The van der Waals surface area contributed by atoms with Crippen LogP contribution in [-0.4, -0.2) is 18.6 Å². The summed E-state index contributed by atoms with van der Waals surface area (Å²) in [5, 5.41) is 1.26. The van der Waals surface area contributed by atoms with Gasteiger partial charge >= 0.3 is 0 Å². The summed E-state index contributed by atoms with van der Waals surface area (Å²) in [4.78, 5) is 3.25. The van der Waals surface area contributed by atoms with Crippen LogP contribution in [0.3, 0.4) is 0 Å². The number of H-pyrrole nitrogens is 1. The first-order chi connectivity index (χ1) is 7.35. The highest BCUT2D eigenvalue weighted by atomic mass is 35.5. The molecule has 2 aromatic rings. The van der Waals surface area contributed by atoms with Crippen molar-refractivity contribution in [3.05, 3.63) is 35.5 Å². The highest BCUT2D eigenvalue weighted by molar-refractivity contribution is 5.85. The molecular formula is C12H17ClN2O. The zero-order valence-corrected chi connectivity index (χ0v) is 10.1. The average Bonchev–Trinajstić information content (AvgIpc) is 2.63. The molecule has 0 radical (unpaired) electrons. The van der Waals surface area contributed by atoms with Crippen molar-refractivity contribution in [1.82, 2.24) is 4.98 Å². The Labute approximate surface area is 101 Å². The molecule has 88 valence electrons. The number of aromatic nitrogens is 1. The molecule has 16 heavy (non-hydrogen) atoms. The van der Waals surface area contributed by atoms with Crippen LogP contribution in [0.4, 0.5) is 0 Å². The highest BCUT2D eigenvalue weighted by Gasteiger charge is 2.03. The molecule has 1 aromatic carbocycles. The fourth-order valence-corrected chi connectivity index (χ4v) is 1.84. The van der Waals surface area contributed by atoms with Crippen LogP contribution in [-0.2, 0) is 17.8 Å². The van der Waals surface area contributed by atoms with Gasteiger partial charge in [-0.05, 0) is 36.2 Å². The Morgan fingerprint density at radius 2 is 2.19 bits per heavy atom. The van der Waals surface area contributed by atoms with E-state index in [1.165, 1.54) is 22.0 Å². The summed E-state index contributed by atoms with van der Waals surface area (Å²) in [5.41, 5.74) is 9.21. The second kappa shape index (κ2) is 5.89. The Kier molecular flexibility index (Phi) is 4.80. The molecule has 3 N–H and O–H groups in total. The maximum atomic E-state index is 5.57. The third kappa shape index (κ3) is 2.55. The Morgan fingerprint density at radius 3 is 2.88 bits per heavy atom. The van der Waals surface area contributed by atoms with Crippen LogP contribution in [0.2, 0.25) is 0 Å². The quantitative estimate of drug-likeness (QED) is 0.861. The minimum atomic E-state index is 0. The molecular weight excluding hydrogens is 224 g/mol. The van der Waals surface area contributed by atoms with Crippen LogP contribution >= 0.6 is 12.4 Å². The molecule has 0 aliphatic carbocycles. The lowest BCUT2D eigenvalue weighted by Gasteiger charge is -2.01. The molecule has 0 aliphatic heterocycles. The van der Waals surface area contributed by atoms with Crippen LogP contribution < -0.4 is 5.73 Å². The number of hydrogen-bond donors (Lipinski definition) is 2. The average molecular weight is 241 g/mol. The fraction of sp³-hybridized carbons (Fsp3) is 0.333. The number of rotatable bonds is 4. The number of nitrogens with two attached hydrogens (primary N) is 1. The maximum absolute atomic E-state index is 5.57. The molecule has 0 saturated carbocycles. The summed E-state index contributed by atoms with van der Waals surface area (Å²) in [7, 11) is 1.71. The lowest BCUT2D eigenvalue weighted by molar-refractivity contribution is 0.185. The number of aromatic amines is 1. The van der Waals surface area contributed by atoms with Gasteiger partial charge in [-0.15, -0.1) is 12.4 Å². The Balaban J connectivity index is 0.00000128. The SMILES string of the molecule is COCc1ccc2[nH]cc(CCN)c2c1.Cl. The van der Waals surface area contributed by atoms with Crippen LogP contribution in [0.25, 0.3) is 10.9 Å². The Morgan fingerprint density at radius 1 is 1.38 bits per heavy atom.